The Kier molecular flexibility index (Phi) is 5.34. The zero-order valence-corrected chi connectivity index (χ0v) is 15.5. The van der Waals surface area contributed by atoms with Crippen LogP contribution >= 0.6 is 0 Å². The molecule has 2 N–H and O–H groups in total. The Balaban J connectivity index is 2.22. The predicted molar refractivity (Wildman–Crippen MR) is 92.7 cm³/mol. The number of aliphatic hydroxyl groups excluding tert-OH is 1. The molecule has 5 unspecified atom stereocenters. The van der Waals surface area contributed by atoms with Crippen molar-refractivity contribution in [2.45, 2.75) is 91.6 Å². The van der Waals surface area contributed by atoms with E-state index < -0.39 is 5.60 Å². The first-order chi connectivity index (χ1) is 10.2. The van der Waals surface area contributed by atoms with Crippen LogP contribution in [-0.4, -0.2) is 22.4 Å². The molecule has 0 amide bonds. The van der Waals surface area contributed by atoms with Crippen molar-refractivity contribution in [2.24, 2.45) is 28.6 Å². The average Bonchev–Trinajstić information content (AvgIpc) is 2.44. The second-order valence-corrected chi connectivity index (χ2v) is 9.42. The van der Waals surface area contributed by atoms with E-state index in [0.717, 1.165) is 25.2 Å². The fraction of sp³-hybridized carbons (Fsp3) is 1.00. The highest BCUT2D eigenvalue weighted by atomic mass is 16.3. The summed E-state index contributed by atoms with van der Waals surface area (Å²) in [5.41, 5.74) is 0.226. The van der Waals surface area contributed by atoms with Crippen molar-refractivity contribution in [1.29, 1.82) is 0 Å². The summed E-state index contributed by atoms with van der Waals surface area (Å²) in [6, 6.07) is 0. The second-order valence-electron chi connectivity index (χ2n) is 9.42. The van der Waals surface area contributed by atoms with E-state index in [1.165, 1.54) is 32.1 Å². The van der Waals surface area contributed by atoms with E-state index in [4.69, 9.17) is 0 Å². The lowest BCUT2D eigenvalue weighted by atomic mass is 9.46. The summed E-state index contributed by atoms with van der Waals surface area (Å²) in [4.78, 5) is 0. The van der Waals surface area contributed by atoms with Crippen molar-refractivity contribution in [2.75, 3.05) is 6.61 Å². The number of hydrogen-bond acceptors (Lipinski definition) is 2. The summed E-state index contributed by atoms with van der Waals surface area (Å²) in [5.74, 6) is 1.77. The molecule has 22 heavy (non-hydrogen) atoms. The molecule has 130 valence electrons. The lowest BCUT2D eigenvalue weighted by Gasteiger charge is -2.59. The molecule has 2 nitrogen and oxygen atoms in total. The molecule has 2 aliphatic carbocycles. The van der Waals surface area contributed by atoms with Gasteiger partial charge in [-0.2, -0.15) is 0 Å². The Morgan fingerprint density at radius 1 is 1.14 bits per heavy atom. The molecule has 0 aromatic carbocycles. The Labute approximate surface area is 137 Å². The highest BCUT2D eigenvalue weighted by Gasteiger charge is 2.54. The second kappa shape index (κ2) is 6.43. The van der Waals surface area contributed by atoms with E-state index in [-0.39, 0.29) is 0 Å². The zero-order chi connectivity index (χ0) is 16.6. The van der Waals surface area contributed by atoms with Gasteiger partial charge in [-0.25, -0.2) is 0 Å². The number of rotatable bonds is 5. The standard InChI is InChI=1S/C20H38O2/c1-6-19(4,22)13-10-16-15(14-21)8-9-17-18(2,3)11-7-12-20(16,17)5/h15-17,21-22H,6-14H2,1-5H3. The Hall–Kier alpha value is -0.0800. The Morgan fingerprint density at radius 2 is 1.82 bits per heavy atom. The summed E-state index contributed by atoms with van der Waals surface area (Å²) in [7, 11) is 0. The molecular formula is C20H38O2. The molecule has 0 spiro atoms. The first-order valence-electron chi connectivity index (χ1n) is 9.49. The van der Waals surface area contributed by atoms with Crippen molar-refractivity contribution < 1.29 is 10.2 Å². The number of fused-ring (bicyclic) bond motifs is 1. The van der Waals surface area contributed by atoms with E-state index in [1.807, 2.05) is 6.92 Å². The fourth-order valence-corrected chi connectivity index (χ4v) is 5.88. The maximum Gasteiger partial charge on any atom is 0.0617 e. The zero-order valence-electron chi connectivity index (χ0n) is 15.5. The van der Waals surface area contributed by atoms with Gasteiger partial charge in [0.1, 0.15) is 0 Å². The molecule has 2 heteroatoms. The molecule has 2 rings (SSSR count). The van der Waals surface area contributed by atoms with Crippen LogP contribution in [0.15, 0.2) is 0 Å². The van der Waals surface area contributed by atoms with Crippen LogP contribution in [0.3, 0.4) is 0 Å². The molecule has 0 aromatic rings. The molecule has 0 aromatic heterocycles. The van der Waals surface area contributed by atoms with Crippen molar-refractivity contribution in [3.05, 3.63) is 0 Å². The van der Waals surface area contributed by atoms with Gasteiger partial charge >= 0.3 is 0 Å². The summed E-state index contributed by atoms with van der Waals surface area (Å²) >= 11 is 0. The van der Waals surface area contributed by atoms with Crippen LogP contribution in [0.5, 0.6) is 0 Å². The van der Waals surface area contributed by atoms with Crippen molar-refractivity contribution in [3.8, 4) is 0 Å². The Bertz CT molecular complexity index is 374. The lowest BCUT2D eigenvalue weighted by Crippen LogP contribution is -2.52. The van der Waals surface area contributed by atoms with Crippen LogP contribution in [-0.2, 0) is 0 Å². The third-order valence-electron chi connectivity index (χ3n) is 7.51. The minimum atomic E-state index is -0.548. The van der Waals surface area contributed by atoms with Gasteiger partial charge in [-0.1, -0.05) is 34.1 Å². The normalized spacial score (nSPS) is 40.8. The van der Waals surface area contributed by atoms with Crippen molar-refractivity contribution in [1.82, 2.24) is 0 Å². The van der Waals surface area contributed by atoms with Gasteiger partial charge in [0.05, 0.1) is 5.60 Å². The van der Waals surface area contributed by atoms with Crippen molar-refractivity contribution in [3.63, 3.8) is 0 Å². The molecule has 0 bridgehead atoms. The van der Waals surface area contributed by atoms with E-state index in [2.05, 4.69) is 27.7 Å². The minimum absolute atomic E-state index is 0.321. The highest BCUT2D eigenvalue weighted by Crippen LogP contribution is 2.62. The van der Waals surface area contributed by atoms with Gasteiger partial charge in [0.2, 0.25) is 0 Å². The minimum Gasteiger partial charge on any atom is -0.396 e. The van der Waals surface area contributed by atoms with Gasteiger partial charge in [-0.3, -0.25) is 0 Å². The smallest absolute Gasteiger partial charge is 0.0617 e. The molecule has 0 saturated heterocycles. The number of aliphatic hydroxyl groups is 2. The predicted octanol–water partition coefficient (Wildman–Crippen LogP) is 4.78. The molecule has 5 atom stereocenters. The van der Waals surface area contributed by atoms with Gasteiger partial charge in [0.25, 0.3) is 0 Å². The van der Waals surface area contributed by atoms with Gasteiger partial charge in [0.15, 0.2) is 0 Å². The third kappa shape index (κ3) is 3.38. The van der Waals surface area contributed by atoms with Crippen LogP contribution in [0.4, 0.5) is 0 Å². The third-order valence-corrected chi connectivity index (χ3v) is 7.51. The maximum atomic E-state index is 10.4. The van der Waals surface area contributed by atoms with E-state index in [9.17, 15) is 10.2 Å². The highest BCUT2D eigenvalue weighted by molar-refractivity contribution is 5.03. The van der Waals surface area contributed by atoms with Crippen LogP contribution in [0.2, 0.25) is 0 Å². The van der Waals surface area contributed by atoms with Gasteiger partial charge in [0, 0.05) is 6.61 Å². The van der Waals surface area contributed by atoms with E-state index in [1.54, 1.807) is 0 Å². The van der Waals surface area contributed by atoms with Crippen LogP contribution in [0.25, 0.3) is 0 Å². The maximum absolute atomic E-state index is 10.4. The van der Waals surface area contributed by atoms with Gasteiger partial charge in [-0.05, 0) is 80.5 Å². The average molecular weight is 311 g/mol. The monoisotopic (exact) mass is 310 g/mol. The number of hydrogen-bond donors (Lipinski definition) is 2. The summed E-state index contributed by atoms with van der Waals surface area (Å²) in [6.07, 6.45) is 9.15. The van der Waals surface area contributed by atoms with Crippen molar-refractivity contribution >= 4 is 0 Å². The molecule has 0 radical (unpaired) electrons. The first-order valence-corrected chi connectivity index (χ1v) is 9.49. The molecule has 0 aliphatic heterocycles. The molecule has 2 aliphatic rings. The largest absolute Gasteiger partial charge is 0.396 e. The SMILES string of the molecule is CCC(C)(O)CCC1C(CO)CCC2C(C)(C)CCCC12C. The fourth-order valence-electron chi connectivity index (χ4n) is 5.88. The quantitative estimate of drug-likeness (QED) is 0.767. The van der Waals surface area contributed by atoms with Gasteiger partial charge in [-0.15, -0.1) is 0 Å². The topological polar surface area (TPSA) is 40.5 Å². The van der Waals surface area contributed by atoms with Crippen LogP contribution < -0.4 is 0 Å². The van der Waals surface area contributed by atoms with Crippen LogP contribution in [0.1, 0.15) is 86.0 Å². The molecular weight excluding hydrogens is 272 g/mol. The summed E-state index contributed by atoms with van der Waals surface area (Å²) in [6.45, 7) is 11.8. The first kappa shape index (κ1) is 18.3. The molecule has 2 fully saturated rings. The van der Waals surface area contributed by atoms with E-state index in [0.29, 0.717) is 29.3 Å². The summed E-state index contributed by atoms with van der Waals surface area (Å²) < 4.78 is 0. The van der Waals surface area contributed by atoms with Gasteiger partial charge < -0.3 is 10.2 Å². The summed E-state index contributed by atoms with van der Waals surface area (Å²) in [5, 5.41) is 20.4. The lowest BCUT2D eigenvalue weighted by molar-refractivity contribution is -0.113. The molecule has 2 saturated carbocycles. The van der Waals surface area contributed by atoms with E-state index >= 15 is 0 Å². The van der Waals surface area contributed by atoms with Crippen LogP contribution in [0, 0.1) is 28.6 Å². The Morgan fingerprint density at radius 3 is 2.41 bits per heavy atom. The molecule has 0 heterocycles.